The number of aliphatic carboxylic acids is 2. The number of nitrogens with one attached hydrogen (secondary N) is 1. The molecule has 2 amide bonds. The fourth-order valence-corrected chi connectivity index (χ4v) is 8.08. The highest BCUT2D eigenvalue weighted by Gasteiger charge is 2.54. The Morgan fingerprint density at radius 3 is 2.65 bits per heavy atom. The molecule has 2 atom stereocenters. The van der Waals surface area contributed by atoms with Gasteiger partial charge in [0, 0.05) is 43.3 Å². The number of hydrogen-bond donors (Lipinski definition) is 5. The van der Waals surface area contributed by atoms with Gasteiger partial charge in [0.15, 0.2) is 16.0 Å². The number of nitrogens with two attached hydrogens (primary N) is 2. The van der Waals surface area contributed by atoms with Crippen molar-refractivity contribution in [1.29, 1.82) is 0 Å². The molecule has 230 valence electrons. The summed E-state index contributed by atoms with van der Waals surface area (Å²) in [6.07, 6.45) is 4.36. The number of aliphatic imine (C=N–C) groups is 1. The maximum absolute atomic E-state index is 13.4. The van der Waals surface area contributed by atoms with Crippen molar-refractivity contribution in [2.45, 2.75) is 49.1 Å². The number of carbonyl (C=O) groups excluding carboxylic acids is 2. The number of amidine groups is 1. The van der Waals surface area contributed by atoms with E-state index in [2.05, 4.69) is 20.4 Å². The zero-order valence-corrected chi connectivity index (χ0v) is 25.5. The zero-order valence-electron chi connectivity index (χ0n) is 23.0. The minimum atomic E-state index is -1.58. The molecule has 1 aliphatic carbocycles. The third-order valence-corrected chi connectivity index (χ3v) is 10.5. The Kier molecular flexibility index (Phi) is 8.89. The average Bonchev–Trinajstić information content (AvgIpc) is 3.41. The second-order valence-electron chi connectivity index (χ2n) is 10.3. The maximum atomic E-state index is 13.4. The number of rotatable bonds is 9. The van der Waals surface area contributed by atoms with Crippen molar-refractivity contribution in [2.75, 3.05) is 30.8 Å². The lowest BCUT2D eigenvalue weighted by Crippen LogP contribution is -2.71. The molecule has 0 radical (unpaired) electrons. The lowest BCUT2D eigenvalue weighted by Gasteiger charge is -2.49. The van der Waals surface area contributed by atoms with Crippen LogP contribution in [0.4, 0.5) is 5.13 Å². The number of nitrogens with zero attached hydrogens (tertiary/aromatic N) is 5. The van der Waals surface area contributed by atoms with Gasteiger partial charge in [-0.15, -0.1) is 23.1 Å². The highest BCUT2D eigenvalue weighted by molar-refractivity contribution is 8.14. The van der Waals surface area contributed by atoms with Gasteiger partial charge in [0.25, 0.3) is 11.8 Å². The van der Waals surface area contributed by atoms with E-state index in [-0.39, 0.29) is 40.8 Å². The van der Waals surface area contributed by atoms with Crippen LogP contribution in [0.3, 0.4) is 0 Å². The van der Waals surface area contributed by atoms with E-state index in [0.29, 0.717) is 41.7 Å². The summed E-state index contributed by atoms with van der Waals surface area (Å²) in [5.74, 6) is -2.88. The molecule has 4 aliphatic rings. The fourth-order valence-electron chi connectivity index (χ4n) is 5.05. The Labute approximate surface area is 258 Å². The summed E-state index contributed by atoms with van der Waals surface area (Å²) in [5, 5.41) is 28.0. The monoisotopic (exact) mass is 650 g/mol. The summed E-state index contributed by atoms with van der Waals surface area (Å²) in [5.41, 5.74) is 10.1. The van der Waals surface area contributed by atoms with Crippen LogP contribution in [0.15, 0.2) is 38.7 Å². The molecular weight excluding hydrogens is 621 g/mol. The molecule has 18 heteroatoms. The van der Waals surface area contributed by atoms with E-state index in [9.17, 15) is 29.4 Å². The lowest BCUT2D eigenvalue weighted by molar-refractivity contribution is -0.171. The van der Waals surface area contributed by atoms with Crippen molar-refractivity contribution in [1.82, 2.24) is 20.1 Å². The van der Waals surface area contributed by atoms with Crippen molar-refractivity contribution in [2.24, 2.45) is 15.9 Å². The lowest BCUT2D eigenvalue weighted by atomic mass is 9.85. The fraction of sp³-hybridized carbons (Fsp3) is 0.480. The Hall–Kier alpha value is -3.77. The minimum Gasteiger partial charge on any atom is -0.478 e. The molecule has 3 aliphatic heterocycles. The van der Waals surface area contributed by atoms with Crippen LogP contribution in [0, 0.1) is 0 Å². The average molecular weight is 651 g/mol. The smallest absolute Gasteiger partial charge is 0.352 e. The summed E-state index contributed by atoms with van der Waals surface area (Å²) in [4.78, 5) is 68.0. The Morgan fingerprint density at radius 1 is 1.26 bits per heavy atom. The number of aromatic nitrogens is 1. The highest BCUT2D eigenvalue weighted by atomic mass is 32.2. The van der Waals surface area contributed by atoms with Crippen molar-refractivity contribution < 1.29 is 34.2 Å². The number of thiazole rings is 1. The van der Waals surface area contributed by atoms with Gasteiger partial charge in [-0.3, -0.25) is 14.5 Å². The van der Waals surface area contributed by atoms with Crippen LogP contribution in [-0.2, 0) is 24.0 Å². The summed E-state index contributed by atoms with van der Waals surface area (Å²) in [7, 11) is 1.85. The van der Waals surface area contributed by atoms with E-state index in [1.54, 1.807) is 6.08 Å². The number of thioether (sulfide) groups is 2. The van der Waals surface area contributed by atoms with E-state index in [1.165, 1.54) is 33.8 Å². The first kappa shape index (κ1) is 30.7. The van der Waals surface area contributed by atoms with Gasteiger partial charge in [0.2, 0.25) is 5.60 Å². The molecule has 43 heavy (non-hydrogen) atoms. The number of anilines is 1. The van der Waals surface area contributed by atoms with Gasteiger partial charge in [-0.05, 0) is 24.5 Å². The standard InChI is InChI=1S/C25H30N8O7S3/c1-32-8-5-14(26)29-24(32)43-10-12-9-41-20-16(19(35)33(20)17(12)21(36)37)30-18(34)15(13-11-42-23(27)28-13)31-40-25(22(38)39)6-3-2-4-7-25/h5,11,16,20H,2-4,6-10,26H2,1H3,(H2,27,28)(H,30,34)(H,36,37)(H,38,39)/b31-15-/t16?,20-/m0/s1. The number of amides is 2. The second kappa shape index (κ2) is 12.5. The number of carboxylic acids is 2. The first-order chi connectivity index (χ1) is 20.5. The zero-order chi connectivity index (χ0) is 30.9. The molecule has 1 saturated carbocycles. The third-order valence-electron chi connectivity index (χ3n) is 7.38. The largest absolute Gasteiger partial charge is 0.478 e. The Bertz CT molecular complexity index is 1470. The van der Waals surface area contributed by atoms with Gasteiger partial charge >= 0.3 is 11.9 Å². The molecule has 7 N–H and O–H groups in total. The van der Waals surface area contributed by atoms with Crippen molar-refractivity contribution in [3.05, 3.63) is 34.2 Å². The van der Waals surface area contributed by atoms with Crippen LogP contribution < -0.4 is 16.8 Å². The van der Waals surface area contributed by atoms with Crippen LogP contribution in [0.25, 0.3) is 0 Å². The molecule has 0 aromatic carbocycles. The molecule has 1 unspecified atom stereocenters. The van der Waals surface area contributed by atoms with Gasteiger partial charge in [-0.2, -0.15) is 0 Å². The van der Waals surface area contributed by atoms with Crippen LogP contribution >= 0.6 is 34.9 Å². The number of oxime groups is 1. The highest BCUT2D eigenvalue weighted by Crippen LogP contribution is 2.41. The van der Waals surface area contributed by atoms with E-state index in [0.717, 1.165) is 17.8 Å². The first-order valence-electron chi connectivity index (χ1n) is 13.3. The quantitative estimate of drug-likeness (QED) is 0.142. The summed E-state index contributed by atoms with van der Waals surface area (Å²) < 4.78 is 0. The van der Waals surface area contributed by atoms with Crippen molar-refractivity contribution in [3.63, 3.8) is 0 Å². The minimum absolute atomic E-state index is 0.0628. The summed E-state index contributed by atoms with van der Waals surface area (Å²) in [6, 6.07) is -1.05. The van der Waals surface area contributed by atoms with Crippen molar-refractivity contribution in [3.8, 4) is 0 Å². The molecule has 2 fully saturated rings. The van der Waals surface area contributed by atoms with Gasteiger partial charge in [0.1, 0.15) is 28.6 Å². The number of fused-ring (bicyclic) bond motifs is 1. The molecule has 1 aromatic rings. The molecule has 1 aromatic heterocycles. The summed E-state index contributed by atoms with van der Waals surface area (Å²) in [6.45, 7) is 0.576. The molecule has 15 nitrogen and oxygen atoms in total. The predicted molar refractivity (Wildman–Crippen MR) is 162 cm³/mol. The molecule has 0 spiro atoms. The van der Waals surface area contributed by atoms with Crippen LogP contribution in [0.1, 0.15) is 37.8 Å². The number of likely N-dealkylation sites (N-methyl/N-ethyl adjacent to an activating group) is 1. The van der Waals surface area contributed by atoms with Crippen LogP contribution in [0.2, 0.25) is 0 Å². The summed E-state index contributed by atoms with van der Waals surface area (Å²) >= 11 is 3.70. The molecule has 4 heterocycles. The molecule has 5 rings (SSSR count). The van der Waals surface area contributed by atoms with E-state index >= 15 is 0 Å². The van der Waals surface area contributed by atoms with E-state index in [1.807, 2.05) is 11.9 Å². The number of carbonyl (C=O) groups is 4. The Balaban J connectivity index is 1.33. The number of carboxylic acid groups (broad SMARTS) is 2. The third kappa shape index (κ3) is 6.16. The predicted octanol–water partition coefficient (Wildman–Crippen LogP) is 0.807. The topological polar surface area (TPSA) is 226 Å². The van der Waals surface area contributed by atoms with Gasteiger partial charge < -0.3 is 36.7 Å². The maximum Gasteiger partial charge on any atom is 0.352 e. The van der Waals surface area contributed by atoms with E-state index < -0.39 is 40.8 Å². The van der Waals surface area contributed by atoms with Crippen LogP contribution in [0.5, 0.6) is 0 Å². The van der Waals surface area contributed by atoms with Crippen molar-refractivity contribution >= 4 is 74.6 Å². The van der Waals surface area contributed by atoms with Gasteiger partial charge in [-0.25, -0.2) is 19.6 Å². The molecule has 0 bridgehead atoms. The Morgan fingerprint density at radius 2 is 2.00 bits per heavy atom. The SMILES string of the molecule is CN1CC=C(N)N=C1SCC1=C(C(=O)O)N2C(=O)C(NC(=O)/C(=N\OC3(C(=O)O)CCCCC3)c3csc(N)n3)[C@@H]2SC1. The molecular formula is C25H30N8O7S3. The van der Waals surface area contributed by atoms with Crippen LogP contribution in [-0.4, -0.2) is 102 Å². The normalized spacial score (nSPS) is 23.6. The second-order valence-corrected chi connectivity index (χ2v) is 13.2. The number of β-lactam (4-membered cyclic amide) rings is 1. The molecule has 1 saturated heterocycles. The van der Waals surface area contributed by atoms with E-state index in [4.69, 9.17) is 16.3 Å². The van der Waals surface area contributed by atoms with Gasteiger partial charge in [0.05, 0.1) is 0 Å². The number of hydrogen-bond acceptors (Lipinski definition) is 14. The first-order valence-corrected chi connectivity index (χ1v) is 16.2. The van der Waals surface area contributed by atoms with Gasteiger partial charge in [-0.1, -0.05) is 23.3 Å². The number of nitrogen functional groups attached to an aromatic ring is 1.